The summed E-state index contributed by atoms with van der Waals surface area (Å²) in [6.07, 6.45) is 0.889. The Labute approximate surface area is 133 Å². The molecule has 2 aromatic rings. The molecule has 22 heavy (non-hydrogen) atoms. The van der Waals surface area contributed by atoms with Crippen LogP contribution in [0.3, 0.4) is 0 Å². The summed E-state index contributed by atoms with van der Waals surface area (Å²) in [6, 6.07) is 9.40. The van der Waals surface area contributed by atoms with Crippen molar-refractivity contribution in [3.63, 3.8) is 0 Å². The molecule has 5 heteroatoms. The molecule has 1 aromatic heterocycles. The highest BCUT2D eigenvalue weighted by Crippen LogP contribution is 2.50. The van der Waals surface area contributed by atoms with Gasteiger partial charge in [0, 0.05) is 32.8 Å². The van der Waals surface area contributed by atoms with Crippen LogP contribution in [0.2, 0.25) is 0 Å². The molecule has 1 saturated carbocycles. The Morgan fingerprint density at radius 3 is 2.64 bits per heavy atom. The molecular formula is C17H18N2O2S. The number of hydrogen-bond donors (Lipinski definition) is 2. The van der Waals surface area contributed by atoms with Crippen molar-refractivity contribution in [1.29, 1.82) is 0 Å². The number of nitrogens with one attached hydrogen (secondary N) is 1. The van der Waals surface area contributed by atoms with Gasteiger partial charge in [0.25, 0.3) is 0 Å². The molecule has 3 rings (SSSR count). The van der Waals surface area contributed by atoms with Crippen LogP contribution >= 0.6 is 11.3 Å². The first-order valence-corrected chi connectivity index (χ1v) is 8.05. The van der Waals surface area contributed by atoms with Gasteiger partial charge in [0.15, 0.2) is 0 Å². The lowest BCUT2D eigenvalue weighted by Gasteiger charge is -2.10. The summed E-state index contributed by atoms with van der Waals surface area (Å²) in [5.41, 5.74) is 7.16. The number of carbonyl (C=O) groups excluding carboxylic acids is 2. The summed E-state index contributed by atoms with van der Waals surface area (Å²) in [5.74, 6) is -0.110. The van der Waals surface area contributed by atoms with E-state index < -0.39 is 5.91 Å². The average Bonchev–Trinajstić information content (AvgIpc) is 3.16. The first kappa shape index (κ1) is 14.8. The van der Waals surface area contributed by atoms with Gasteiger partial charge >= 0.3 is 0 Å². The van der Waals surface area contributed by atoms with Gasteiger partial charge in [-0.3, -0.25) is 9.59 Å². The highest BCUT2D eigenvalue weighted by molar-refractivity contribution is 7.12. The zero-order valence-corrected chi connectivity index (χ0v) is 13.4. The fourth-order valence-corrected chi connectivity index (χ4v) is 3.77. The fourth-order valence-electron chi connectivity index (χ4n) is 2.72. The summed E-state index contributed by atoms with van der Waals surface area (Å²) in [7, 11) is 0. The van der Waals surface area contributed by atoms with E-state index in [2.05, 4.69) is 24.4 Å². The van der Waals surface area contributed by atoms with Crippen LogP contribution in [0.5, 0.6) is 0 Å². The van der Waals surface area contributed by atoms with Crippen molar-refractivity contribution in [3.05, 3.63) is 51.2 Å². The zero-order valence-electron chi connectivity index (χ0n) is 12.6. The number of primary amides is 1. The van der Waals surface area contributed by atoms with Crippen LogP contribution in [-0.2, 0) is 4.79 Å². The van der Waals surface area contributed by atoms with Crippen molar-refractivity contribution >= 4 is 28.8 Å². The van der Waals surface area contributed by atoms with E-state index in [-0.39, 0.29) is 11.8 Å². The zero-order chi connectivity index (χ0) is 15.9. The standard InChI is InChI=1S/C17H18N2O2S/c1-9-6-7-15(22-9)12-8-13(12)17(21)19-14-5-3-4-11(10(14)2)16(18)20/h3-7,12-13H,8H2,1-2H3,(H2,18,20)(H,19,21)/t12-,13-/m0/s1. The Kier molecular flexibility index (Phi) is 3.74. The van der Waals surface area contributed by atoms with Gasteiger partial charge in [0.2, 0.25) is 11.8 Å². The van der Waals surface area contributed by atoms with Crippen LogP contribution in [0.25, 0.3) is 0 Å². The Morgan fingerprint density at radius 1 is 1.23 bits per heavy atom. The molecule has 0 bridgehead atoms. The van der Waals surface area contributed by atoms with Gasteiger partial charge in [-0.2, -0.15) is 0 Å². The quantitative estimate of drug-likeness (QED) is 0.909. The number of benzene rings is 1. The summed E-state index contributed by atoms with van der Waals surface area (Å²) in [5, 5.41) is 2.93. The second-order valence-electron chi connectivity index (χ2n) is 5.73. The molecule has 0 aliphatic heterocycles. The molecule has 4 nitrogen and oxygen atoms in total. The summed E-state index contributed by atoms with van der Waals surface area (Å²) in [6.45, 7) is 3.87. The van der Waals surface area contributed by atoms with E-state index in [1.165, 1.54) is 9.75 Å². The molecule has 0 radical (unpaired) electrons. The topological polar surface area (TPSA) is 72.2 Å². The van der Waals surface area contributed by atoms with Crippen LogP contribution in [0, 0.1) is 19.8 Å². The van der Waals surface area contributed by atoms with E-state index >= 15 is 0 Å². The lowest BCUT2D eigenvalue weighted by molar-refractivity contribution is -0.117. The smallest absolute Gasteiger partial charge is 0.249 e. The number of hydrogen-bond acceptors (Lipinski definition) is 3. The van der Waals surface area contributed by atoms with Crippen LogP contribution in [0.1, 0.15) is 38.0 Å². The maximum Gasteiger partial charge on any atom is 0.249 e. The van der Waals surface area contributed by atoms with E-state index in [1.54, 1.807) is 36.5 Å². The van der Waals surface area contributed by atoms with Gasteiger partial charge in [-0.1, -0.05) is 6.07 Å². The number of anilines is 1. The molecule has 0 unspecified atom stereocenters. The molecule has 2 amide bonds. The maximum absolute atomic E-state index is 12.4. The van der Waals surface area contributed by atoms with Gasteiger partial charge in [-0.25, -0.2) is 0 Å². The van der Waals surface area contributed by atoms with Crippen LogP contribution in [0.4, 0.5) is 5.69 Å². The maximum atomic E-state index is 12.4. The molecule has 1 fully saturated rings. The molecule has 1 aromatic carbocycles. The predicted octanol–water partition coefficient (Wildman–Crippen LogP) is 3.21. The van der Waals surface area contributed by atoms with Crippen LogP contribution < -0.4 is 11.1 Å². The van der Waals surface area contributed by atoms with Crippen molar-refractivity contribution < 1.29 is 9.59 Å². The first-order chi connectivity index (χ1) is 10.5. The third kappa shape index (κ3) is 2.76. The van der Waals surface area contributed by atoms with Crippen molar-refractivity contribution in [3.8, 4) is 0 Å². The van der Waals surface area contributed by atoms with Gasteiger partial charge in [0.1, 0.15) is 0 Å². The lowest BCUT2D eigenvalue weighted by Crippen LogP contribution is -2.18. The Morgan fingerprint density at radius 2 is 2.00 bits per heavy atom. The molecule has 2 atom stereocenters. The number of thiophene rings is 1. The van der Waals surface area contributed by atoms with E-state index in [4.69, 9.17) is 5.73 Å². The Hall–Kier alpha value is -2.14. The monoisotopic (exact) mass is 314 g/mol. The number of carbonyl (C=O) groups is 2. The Balaban J connectivity index is 1.71. The molecule has 1 aliphatic rings. The van der Waals surface area contributed by atoms with E-state index in [0.717, 1.165) is 6.42 Å². The summed E-state index contributed by atoms with van der Waals surface area (Å²) in [4.78, 5) is 26.3. The van der Waals surface area contributed by atoms with Crippen LogP contribution in [0.15, 0.2) is 30.3 Å². The minimum absolute atomic E-state index is 0.0146. The number of amides is 2. The van der Waals surface area contributed by atoms with Crippen molar-refractivity contribution in [1.82, 2.24) is 0 Å². The molecule has 114 valence electrons. The normalized spacial score (nSPS) is 19.7. The number of nitrogens with two attached hydrogens (primary N) is 1. The van der Waals surface area contributed by atoms with E-state index in [0.29, 0.717) is 22.7 Å². The Bertz CT molecular complexity index is 751. The average molecular weight is 314 g/mol. The largest absolute Gasteiger partial charge is 0.366 e. The SMILES string of the molecule is Cc1ccc([C@H]2C[C@@H]2C(=O)Nc2cccc(C(N)=O)c2C)s1. The van der Waals surface area contributed by atoms with Gasteiger partial charge in [0.05, 0.1) is 0 Å². The first-order valence-electron chi connectivity index (χ1n) is 7.24. The van der Waals surface area contributed by atoms with Gasteiger partial charge < -0.3 is 11.1 Å². The van der Waals surface area contributed by atoms with Gasteiger partial charge in [-0.15, -0.1) is 11.3 Å². The van der Waals surface area contributed by atoms with E-state index in [9.17, 15) is 9.59 Å². The summed E-state index contributed by atoms with van der Waals surface area (Å²) < 4.78 is 0. The minimum Gasteiger partial charge on any atom is -0.366 e. The molecule has 3 N–H and O–H groups in total. The van der Waals surface area contributed by atoms with Crippen LogP contribution in [-0.4, -0.2) is 11.8 Å². The highest BCUT2D eigenvalue weighted by atomic mass is 32.1. The molecule has 0 saturated heterocycles. The van der Waals surface area contributed by atoms with Crippen molar-refractivity contribution in [2.45, 2.75) is 26.2 Å². The predicted molar refractivity (Wildman–Crippen MR) is 88.2 cm³/mol. The minimum atomic E-state index is -0.480. The molecular weight excluding hydrogens is 296 g/mol. The summed E-state index contributed by atoms with van der Waals surface area (Å²) >= 11 is 1.75. The molecule has 1 heterocycles. The lowest BCUT2D eigenvalue weighted by atomic mass is 10.1. The second kappa shape index (κ2) is 5.57. The van der Waals surface area contributed by atoms with E-state index in [1.807, 2.05) is 0 Å². The molecule has 0 spiro atoms. The number of aryl methyl sites for hydroxylation is 1. The fraction of sp³-hybridized carbons (Fsp3) is 0.294. The molecule has 1 aliphatic carbocycles. The second-order valence-corrected chi connectivity index (χ2v) is 7.05. The van der Waals surface area contributed by atoms with Crippen molar-refractivity contribution in [2.75, 3.05) is 5.32 Å². The number of rotatable bonds is 4. The third-order valence-corrected chi connectivity index (χ3v) is 5.24. The van der Waals surface area contributed by atoms with Gasteiger partial charge in [-0.05, 0) is 50.1 Å². The van der Waals surface area contributed by atoms with Crippen molar-refractivity contribution in [2.24, 2.45) is 11.7 Å². The third-order valence-electron chi connectivity index (χ3n) is 4.11. The highest BCUT2D eigenvalue weighted by Gasteiger charge is 2.44.